The number of nitro groups is 1. The first-order valence-corrected chi connectivity index (χ1v) is 5.62. The third kappa shape index (κ3) is 2.26. The first kappa shape index (κ1) is 12.3. The van der Waals surface area contributed by atoms with E-state index in [0.29, 0.717) is 12.1 Å². The summed E-state index contributed by atoms with van der Waals surface area (Å²) >= 11 is 0. The van der Waals surface area contributed by atoms with Crippen molar-refractivity contribution in [2.75, 3.05) is 25.1 Å². The highest BCUT2D eigenvalue weighted by Crippen LogP contribution is 2.28. The van der Waals surface area contributed by atoms with Gasteiger partial charge in [-0.15, -0.1) is 0 Å². The van der Waals surface area contributed by atoms with Crippen LogP contribution in [-0.4, -0.2) is 31.2 Å². The number of ether oxygens (including phenoxy) is 1. The topological polar surface area (TPSA) is 79.4 Å². The van der Waals surface area contributed by atoms with Crippen molar-refractivity contribution in [3.05, 3.63) is 33.9 Å². The summed E-state index contributed by atoms with van der Waals surface area (Å²) in [7, 11) is 1.66. The molecule has 0 amide bonds. The Balaban J connectivity index is 2.29. The molecule has 0 bridgehead atoms. The molecule has 0 radical (unpaired) electrons. The number of hydrogen-bond acceptors (Lipinski definition) is 5. The molecule has 0 N–H and O–H groups in total. The molecule has 6 heteroatoms. The van der Waals surface area contributed by atoms with Gasteiger partial charge in [-0.2, -0.15) is 5.26 Å². The fourth-order valence-corrected chi connectivity index (χ4v) is 2.14. The van der Waals surface area contributed by atoms with Crippen LogP contribution in [0.5, 0.6) is 0 Å². The zero-order chi connectivity index (χ0) is 13.1. The predicted molar refractivity (Wildman–Crippen MR) is 65.4 cm³/mol. The number of methoxy groups -OCH3 is 1. The summed E-state index contributed by atoms with van der Waals surface area (Å²) in [4.78, 5) is 12.2. The van der Waals surface area contributed by atoms with Crippen LogP contribution in [0, 0.1) is 21.4 Å². The van der Waals surface area contributed by atoms with Crippen LogP contribution in [0.25, 0.3) is 0 Å². The van der Waals surface area contributed by atoms with E-state index in [-0.39, 0.29) is 11.8 Å². The number of rotatable bonds is 3. The Bertz CT molecular complexity index is 510. The number of nitrogens with zero attached hydrogens (tertiary/aromatic N) is 3. The normalized spacial score (nSPS) is 18.7. The van der Waals surface area contributed by atoms with Gasteiger partial charge in [-0.05, 0) is 12.5 Å². The van der Waals surface area contributed by atoms with E-state index in [1.54, 1.807) is 13.2 Å². The van der Waals surface area contributed by atoms with Gasteiger partial charge in [0.2, 0.25) is 0 Å². The molecule has 1 saturated heterocycles. The van der Waals surface area contributed by atoms with Crippen LogP contribution in [0.3, 0.4) is 0 Å². The Morgan fingerprint density at radius 2 is 2.39 bits per heavy atom. The van der Waals surface area contributed by atoms with E-state index >= 15 is 0 Å². The molecule has 0 spiro atoms. The molecule has 0 saturated carbocycles. The summed E-state index contributed by atoms with van der Waals surface area (Å²) in [5.41, 5.74) is 1.02. The zero-order valence-electron chi connectivity index (χ0n) is 10.00. The standard InChI is InChI=1S/C12H13N3O3/c1-18-11-4-5-14(8-11)12-3-2-10(15(16)17)6-9(12)7-13/h2-3,6,11H,4-5,8H2,1H3. The Kier molecular flexibility index (Phi) is 3.44. The van der Waals surface area contributed by atoms with Crippen LogP contribution in [-0.2, 0) is 4.74 Å². The number of nitro benzene ring substituents is 1. The second-order valence-electron chi connectivity index (χ2n) is 4.16. The monoisotopic (exact) mass is 247 g/mol. The van der Waals surface area contributed by atoms with Crippen molar-refractivity contribution in [2.24, 2.45) is 0 Å². The van der Waals surface area contributed by atoms with Crippen molar-refractivity contribution >= 4 is 11.4 Å². The van der Waals surface area contributed by atoms with Crippen LogP contribution in [0.4, 0.5) is 11.4 Å². The first-order chi connectivity index (χ1) is 8.65. The van der Waals surface area contributed by atoms with Crippen molar-refractivity contribution in [1.82, 2.24) is 0 Å². The zero-order valence-corrected chi connectivity index (χ0v) is 10.00. The lowest BCUT2D eigenvalue weighted by Gasteiger charge is -2.19. The number of anilines is 1. The summed E-state index contributed by atoms with van der Waals surface area (Å²) < 4.78 is 5.27. The Labute approximate surface area is 105 Å². The molecular weight excluding hydrogens is 234 g/mol. The van der Waals surface area contributed by atoms with Gasteiger partial charge in [0.05, 0.1) is 22.3 Å². The molecule has 6 nitrogen and oxygen atoms in total. The molecular formula is C12H13N3O3. The van der Waals surface area contributed by atoms with E-state index in [1.165, 1.54) is 12.1 Å². The minimum Gasteiger partial charge on any atom is -0.380 e. The lowest BCUT2D eigenvalue weighted by molar-refractivity contribution is -0.384. The quantitative estimate of drug-likeness (QED) is 0.599. The Hall–Kier alpha value is -2.13. The van der Waals surface area contributed by atoms with Gasteiger partial charge < -0.3 is 9.64 Å². The van der Waals surface area contributed by atoms with E-state index in [1.807, 2.05) is 11.0 Å². The lowest BCUT2D eigenvalue weighted by Crippen LogP contribution is -2.23. The second kappa shape index (κ2) is 5.02. The van der Waals surface area contributed by atoms with Gasteiger partial charge >= 0.3 is 0 Å². The van der Waals surface area contributed by atoms with Crippen molar-refractivity contribution < 1.29 is 9.66 Å². The predicted octanol–water partition coefficient (Wildman–Crippen LogP) is 1.69. The van der Waals surface area contributed by atoms with Gasteiger partial charge in [-0.1, -0.05) is 0 Å². The van der Waals surface area contributed by atoms with E-state index in [9.17, 15) is 10.1 Å². The van der Waals surface area contributed by atoms with E-state index < -0.39 is 4.92 Å². The summed E-state index contributed by atoms with van der Waals surface area (Å²) in [5.74, 6) is 0. The molecule has 1 aromatic rings. The Morgan fingerprint density at radius 1 is 1.61 bits per heavy atom. The van der Waals surface area contributed by atoms with Crippen LogP contribution in [0.15, 0.2) is 18.2 Å². The number of nitriles is 1. The molecule has 0 aliphatic carbocycles. The van der Waals surface area contributed by atoms with Gasteiger partial charge in [-0.25, -0.2) is 0 Å². The van der Waals surface area contributed by atoms with E-state index in [0.717, 1.165) is 18.7 Å². The minimum absolute atomic E-state index is 0.0576. The van der Waals surface area contributed by atoms with Crippen molar-refractivity contribution in [1.29, 1.82) is 5.26 Å². The average molecular weight is 247 g/mol. The number of benzene rings is 1. The summed E-state index contributed by atoms with van der Waals surface area (Å²) in [6.07, 6.45) is 1.06. The molecule has 1 aromatic carbocycles. The summed E-state index contributed by atoms with van der Waals surface area (Å²) in [6, 6.07) is 6.39. The molecule has 1 unspecified atom stereocenters. The second-order valence-corrected chi connectivity index (χ2v) is 4.16. The van der Waals surface area contributed by atoms with Crippen LogP contribution < -0.4 is 4.90 Å². The molecule has 1 heterocycles. The minimum atomic E-state index is -0.493. The van der Waals surface area contributed by atoms with Gasteiger partial charge in [0.1, 0.15) is 6.07 Å². The maximum absolute atomic E-state index is 10.7. The molecule has 94 valence electrons. The highest BCUT2D eigenvalue weighted by molar-refractivity contribution is 5.63. The molecule has 18 heavy (non-hydrogen) atoms. The fraction of sp³-hybridized carbons (Fsp3) is 0.417. The van der Waals surface area contributed by atoms with Gasteiger partial charge in [0.25, 0.3) is 5.69 Å². The largest absolute Gasteiger partial charge is 0.380 e. The van der Waals surface area contributed by atoms with E-state index in [4.69, 9.17) is 10.00 Å². The summed E-state index contributed by atoms with van der Waals surface area (Å²) in [5, 5.41) is 19.7. The number of non-ortho nitro benzene ring substituents is 1. The number of hydrogen-bond donors (Lipinski definition) is 0. The average Bonchev–Trinajstić information content (AvgIpc) is 2.86. The van der Waals surface area contributed by atoms with Gasteiger partial charge in [0.15, 0.2) is 0 Å². The molecule has 1 aliphatic heterocycles. The SMILES string of the molecule is COC1CCN(c2ccc([N+](=O)[O-])cc2C#N)C1. The van der Waals surface area contributed by atoms with Crippen LogP contribution in [0.2, 0.25) is 0 Å². The van der Waals surface area contributed by atoms with Crippen LogP contribution in [0.1, 0.15) is 12.0 Å². The Morgan fingerprint density at radius 3 is 2.94 bits per heavy atom. The molecule has 1 aliphatic rings. The fourth-order valence-electron chi connectivity index (χ4n) is 2.14. The maximum atomic E-state index is 10.7. The maximum Gasteiger partial charge on any atom is 0.270 e. The van der Waals surface area contributed by atoms with Crippen LogP contribution >= 0.6 is 0 Å². The van der Waals surface area contributed by atoms with Crippen molar-refractivity contribution in [2.45, 2.75) is 12.5 Å². The highest BCUT2D eigenvalue weighted by Gasteiger charge is 2.24. The molecule has 2 rings (SSSR count). The van der Waals surface area contributed by atoms with Crippen molar-refractivity contribution in [3.8, 4) is 6.07 Å². The third-order valence-corrected chi connectivity index (χ3v) is 3.13. The van der Waals surface area contributed by atoms with Gasteiger partial charge in [0, 0.05) is 32.3 Å². The lowest BCUT2D eigenvalue weighted by atomic mass is 10.1. The first-order valence-electron chi connectivity index (χ1n) is 5.62. The van der Waals surface area contributed by atoms with E-state index in [2.05, 4.69) is 0 Å². The third-order valence-electron chi connectivity index (χ3n) is 3.13. The molecule has 0 aromatic heterocycles. The smallest absolute Gasteiger partial charge is 0.270 e. The molecule has 1 fully saturated rings. The van der Waals surface area contributed by atoms with Gasteiger partial charge in [-0.3, -0.25) is 10.1 Å². The summed E-state index contributed by atoms with van der Waals surface area (Å²) in [6.45, 7) is 1.51. The van der Waals surface area contributed by atoms with Crippen molar-refractivity contribution in [3.63, 3.8) is 0 Å². The highest BCUT2D eigenvalue weighted by atomic mass is 16.6. The molecule has 1 atom stereocenters.